The Morgan fingerprint density at radius 3 is 2.50 bits per heavy atom. The highest BCUT2D eigenvalue weighted by molar-refractivity contribution is 5.96. The number of benzene rings is 1. The van der Waals surface area contributed by atoms with Crippen molar-refractivity contribution >= 4 is 5.84 Å². The van der Waals surface area contributed by atoms with E-state index in [2.05, 4.69) is 11.8 Å². The first kappa shape index (κ1) is 14.7. The number of nitrogens with zero attached hydrogens (tertiary/aromatic N) is 1. The summed E-state index contributed by atoms with van der Waals surface area (Å²) in [6.07, 6.45) is 0. The molecular formula is C14H23N3O. The van der Waals surface area contributed by atoms with Gasteiger partial charge in [0.25, 0.3) is 0 Å². The zero-order valence-electron chi connectivity index (χ0n) is 11.4. The zero-order valence-corrected chi connectivity index (χ0v) is 11.4. The van der Waals surface area contributed by atoms with Crippen molar-refractivity contribution in [3.8, 4) is 0 Å². The topological polar surface area (TPSA) is 73.3 Å². The maximum absolute atomic E-state index is 9.87. The van der Waals surface area contributed by atoms with Gasteiger partial charge in [0.15, 0.2) is 0 Å². The summed E-state index contributed by atoms with van der Waals surface area (Å²) in [7, 11) is 0. The maximum atomic E-state index is 9.87. The molecule has 0 aromatic heterocycles. The van der Waals surface area contributed by atoms with Crippen LogP contribution < -0.4 is 5.73 Å². The molecule has 0 aliphatic heterocycles. The Kier molecular flexibility index (Phi) is 4.87. The fourth-order valence-corrected chi connectivity index (χ4v) is 1.99. The van der Waals surface area contributed by atoms with E-state index in [1.54, 1.807) is 13.8 Å². The largest absolute Gasteiger partial charge is 0.389 e. The molecule has 4 nitrogen and oxygen atoms in total. The van der Waals surface area contributed by atoms with Gasteiger partial charge in [0.1, 0.15) is 5.84 Å². The number of aliphatic hydroxyl groups is 1. The number of likely N-dealkylation sites (N-methyl/N-ethyl adjacent to an activating group) is 1. The molecular weight excluding hydrogens is 226 g/mol. The number of nitrogens with two attached hydrogens (primary N) is 1. The van der Waals surface area contributed by atoms with E-state index < -0.39 is 5.60 Å². The lowest BCUT2D eigenvalue weighted by Crippen LogP contribution is -2.38. The average molecular weight is 249 g/mol. The lowest BCUT2D eigenvalue weighted by Gasteiger charge is -2.28. The first-order valence-electron chi connectivity index (χ1n) is 6.20. The lowest BCUT2D eigenvalue weighted by molar-refractivity contribution is 0.0353. The summed E-state index contributed by atoms with van der Waals surface area (Å²) in [6, 6.07) is 7.66. The van der Waals surface area contributed by atoms with Gasteiger partial charge in [-0.05, 0) is 26.0 Å². The van der Waals surface area contributed by atoms with Gasteiger partial charge in [0.2, 0.25) is 0 Å². The molecule has 100 valence electrons. The third-order valence-corrected chi connectivity index (χ3v) is 2.76. The van der Waals surface area contributed by atoms with Crippen LogP contribution in [0.1, 0.15) is 31.9 Å². The predicted octanol–water partition coefficient (Wildman–Crippen LogP) is 1.56. The molecule has 0 spiro atoms. The number of hydrogen-bond donors (Lipinski definition) is 3. The number of amidine groups is 1. The molecule has 0 heterocycles. The molecule has 18 heavy (non-hydrogen) atoms. The van der Waals surface area contributed by atoms with Crippen LogP contribution in [0, 0.1) is 5.41 Å². The van der Waals surface area contributed by atoms with Crippen molar-refractivity contribution < 1.29 is 5.11 Å². The second-order valence-corrected chi connectivity index (χ2v) is 5.19. The Labute approximate surface area is 109 Å². The summed E-state index contributed by atoms with van der Waals surface area (Å²) in [4.78, 5) is 2.14. The van der Waals surface area contributed by atoms with Crippen LogP contribution in [-0.4, -0.2) is 34.5 Å². The van der Waals surface area contributed by atoms with Crippen molar-refractivity contribution in [1.29, 1.82) is 5.41 Å². The van der Waals surface area contributed by atoms with E-state index >= 15 is 0 Å². The Hall–Kier alpha value is -1.39. The standard InChI is InChI=1S/C14H23N3O/c1-4-17(10-14(2,3)18)9-11-7-5-6-8-12(11)13(15)16/h5-8,18H,4,9-10H2,1-3H3,(H3,15,16). The summed E-state index contributed by atoms with van der Waals surface area (Å²) < 4.78 is 0. The minimum absolute atomic E-state index is 0.0879. The minimum atomic E-state index is -0.721. The van der Waals surface area contributed by atoms with Crippen LogP contribution in [0.15, 0.2) is 24.3 Å². The van der Waals surface area contributed by atoms with Crippen molar-refractivity contribution in [2.75, 3.05) is 13.1 Å². The molecule has 0 bridgehead atoms. The van der Waals surface area contributed by atoms with E-state index in [0.29, 0.717) is 13.1 Å². The number of nitrogen functional groups attached to an aromatic ring is 1. The monoisotopic (exact) mass is 249 g/mol. The molecule has 0 amide bonds. The van der Waals surface area contributed by atoms with Crippen LogP contribution in [0.4, 0.5) is 0 Å². The van der Waals surface area contributed by atoms with Gasteiger partial charge in [-0.3, -0.25) is 10.3 Å². The van der Waals surface area contributed by atoms with Crippen LogP contribution in [-0.2, 0) is 6.54 Å². The van der Waals surface area contributed by atoms with Crippen LogP contribution >= 0.6 is 0 Å². The third kappa shape index (κ3) is 4.47. The van der Waals surface area contributed by atoms with Gasteiger partial charge >= 0.3 is 0 Å². The van der Waals surface area contributed by atoms with Crippen molar-refractivity contribution in [3.05, 3.63) is 35.4 Å². The van der Waals surface area contributed by atoms with Crippen LogP contribution in [0.2, 0.25) is 0 Å². The summed E-state index contributed by atoms with van der Waals surface area (Å²) >= 11 is 0. The quantitative estimate of drug-likeness (QED) is 0.529. The van der Waals surface area contributed by atoms with Gasteiger partial charge < -0.3 is 10.8 Å². The van der Waals surface area contributed by atoms with E-state index in [0.717, 1.165) is 17.7 Å². The average Bonchev–Trinajstić information content (AvgIpc) is 2.26. The molecule has 1 aromatic carbocycles. The van der Waals surface area contributed by atoms with E-state index in [-0.39, 0.29) is 5.84 Å². The molecule has 0 aliphatic carbocycles. The minimum Gasteiger partial charge on any atom is -0.389 e. The fraction of sp³-hybridized carbons (Fsp3) is 0.500. The highest BCUT2D eigenvalue weighted by Crippen LogP contribution is 2.13. The Morgan fingerprint density at radius 2 is 2.00 bits per heavy atom. The number of hydrogen-bond acceptors (Lipinski definition) is 3. The normalized spacial score (nSPS) is 11.8. The summed E-state index contributed by atoms with van der Waals surface area (Å²) in [5.74, 6) is 0.0879. The molecule has 4 N–H and O–H groups in total. The van der Waals surface area contributed by atoms with Gasteiger partial charge in [-0.25, -0.2) is 0 Å². The molecule has 0 aliphatic rings. The zero-order chi connectivity index (χ0) is 13.8. The molecule has 4 heteroatoms. The second kappa shape index (κ2) is 5.98. The molecule has 0 saturated carbocycles. The number of rotatable bonds is 6. The van der Waals surface area contributed by atoms with Gasteiger partial charge in [-0.2, -0.15) is 0 Å². The van der Waals surface area contributed by atoms with Crippen molar-refractivity contribution in [1.82, 2.24) is 4.90 Å². The SMILES string of the molecule is CCN(Cc1ccccc1C(=N)N)CC(C)(C)O. The van der Waals surface area contributed by atoms with Crippen LogP contribution in [0.25, 0.3) is 0 Å². The molecule has 0 unspecified atom stereocenters. The van der Waals surface area contributed by atoms with E-state index in [1.807, 2.05) is 24.3 Å². The summed E-state index contributed by atoms with van der Waals surface area (Å²) in [6.45, 7) is 7.78. The number of nitrogens with one attached hydrogen (secondary N) is 1. The van der Waals surface area contributed by atoms with E-state index in [1.165, 1.54) is 0 Å². The van der Waals surface area contributed by atoms with Gasteiger partial charge in [0.05, 0.1) is 5.60 Å². The second-order valence-electron chi connectivity index (χ2n) is 5.19. The molecule has 0 saturated heterocycles. The van der Waals surface area contributed by atoms with Gasteiger partial charge in [-0.1, -0.05) is 31.2 Å². The fourth-order valence-electron chi connectivity index (χ4n) is 1.99. The highest BCUT2D eigenvalue weighted by atomic mass is 16.3. The van der Waals surface area contributed by atoms with Crippen molar-refractivity contribution in [2.24, 2.45) is 5.73 Å². The first-order valence-corrected chi connectivity index (χ1v) is 6.20. The maximum Gasteiger partial charge on any atom is 0.123 e. The van der Waals surface area contributed by atoms with Crippen molar-refractivity contribution in [2.45, 2.75) is 32.9 Å². The summed E-state index contributed by atoms with van der Waals surface area (Å²) in [5.41, 5.74) is 6.65. The smallest absolute Gasteiger partial charge is 0.123 e. The lowest BCUT2D eigenvalue weighted by atomic mass is 10.0. The molecule has 0 atom stereocenters. The van der Waals surface area contributed by atoms with Crippen LogP contribution in [0.3, 0.4) is 0 Å². The molecule has 0 fully saturated rings. The molecule has 1 rings (SSSR count). The van der Waals surface area contributed by atoms with Gasteiger partial charge in [-0.15, -0.1) is 0 Å². The van der Waals surface area contributed by atoms with Crippen LogP contribution in [0.5, 0.6) is 0 Å². The van der Waals surface area contributed by atoms with Gasteiger partial charge in [0, 0.05) is 18.7 Å². The first-order chi connectivity index (χ1) is 8.33. The highest BCUT2D eigenvalue weighted by Gasteiger charge is 2.18. The molecule has 1 aromatic rings. The molecule has 0 radical (unpaired) electrons. The Balaban J connectivity index is 2.85. The third-order valence-electron chi connectivity index (χ3n) is 2.76. The van der Waals surface area contributed by atoms with E-state index in [4.69, 9.17) is 11.1 Å². The van der Waals surface area contributed by atoms with E-state index in [9.17, 15) is 5.11 Å². The Morgan fingerprint density at radius 1 is 1.39 bits per heavy atom. The predicted molar refractivity (Wildman–Crippen MR) is 74.7 cm³/mol. The summed E-state index contributed by atoms with van der Waals surface area (Å²) in [5, 5.41) is 17.4. The van der Waals surface area contributed by atoms with Crippen molar-refractivity contribution in [3.63, 3.8) is 0 Å². The Bertz CT molecular complexity index is 410.